The number of hydrogen-bond acceptors (Lipinski definition) is 7. The molecule has 0 saturated heterocycles. The first-order chi connectivity index (χ1) is 19.8. The third-order valence-corrected chi connectivity index (χ3v) is 6.67. The van der Waals surface area contributed by atoms with Crippen LogP contribution in [0.2, 0.25) is 0 Å². The Balaban J connectivity index is 1.53. The van der Waals surface area contributed by atoms with Crippen molar-refractivity contribution in [3.8, 4) is 34.4 Å². The quantitative estimate of drug-likeness (QED) is 0.138. The number of nitrogens with one attached hydrogen (secondary N) is 2. The molecule has 0 radical (unpaired) electrons. The van der Waals surface area contributed by atoms with Crippen LogP contribution >= 0.6 is 0 Å². The minimum Gasteiger partial charge on any atom is -0.494 e. The van der Waals surface area contributed by atoms with Gasteiger partial charge in [0.15, 0.2) is 11.5 Å². The van der Waals surface area contributed by atoms with E-state index in [9.17, 15) is 10.1 Å². The molecule has 9 heteroatoms. The van der Waals surface area contributed by atoms with Crippen molar-refractivity contribution < 1.29 is 19.0 Å². The number of carbonyl (C=O) groups is 1. The van der Waals surface area contributed by atoms with Gasteiger partial charge in [-0.3, -0.25) is 4.79 Å². The van der Waals surface area contributed by atoms with Crippen LogP contribution < -0.4 is 19.5 Å². The molecule has 1 amide bonds. The second-order valence-corrected chi connectivity index (χ2v) is 9.88. The molecule has 0 aliphatic carbocycles. The fraction of sp³-hybridized carbons (Fsp3) is 0.281. The molecule has 2 aromatic heterocycles. The SMILES string of the molecule is COc1ccc([C@@H](C)NC(=O)/C(C#N)=C/c2c[nH]c3ncc(-c4cccc(OCCCN(C)C)c4)cc23)cc1OC. The van der Waals surface area contributed by atoms with Gasteiger partial charge >= 0.3 is 0 Å². The van der Waals surface area contributed by atoms with Crippen molar-refractivity contribution in [1.29, 1.82) is 5.26 Å². The Morgan fingerprint density at radius 2 is 1.93 bits per heavy atom. The molecule has 2 aromatic carbocycles. The van der Waals surface area contributed by atoms with Gasteiger partial charge in [0.1, 0.15) is 23.0 Å². The first-order valence-electron chi connectivity index (χ1n) is 13.3. The number of rotatable bonds is 12. The van der Waals surface area contributed by atoms with Crippen LogP contribution in [0, 0.1) is 11.3 Å². The predicted octanol–water partition coefficient (Wildman–Crippen LogP) is 5.36. The summed E-state index contributed by atoms with van der Waals surface area (Å²) in [6.07, 6.45) is 6.05. The highest BCUT2D eigenvalue weighted by molar-refractivity contribution is 6.04. The van der Waals surface area contributed by atoms with Crippen molar-refractivity contribution >= 4 is 23.0 Å². The van der Waals surface area contributed by atoms with Gasteiger partial charge in [-0.15, -0.1) is 0 Å². The summed E-state index contributed by atoms with van der Waals surface area (Å²) in [5.74, 6) is 1.47. The van der Waals surface area contributed by atoms with Gasteiger partial charge in [-0.25, -0.2) is 4.98 Å². The monoisotopic (exact) mass is 553 g/mol. The summed E-state index contributed by atoms with van der Waals surface area (Å²) >= 11 is 0. The van der Waals surface area contributed by atoms with Crippen molar-refractivity contribution in [3.05, 3.63) is 77.6 Å². The molecule has 0 saturated carbocycles. The maximum Gasteiger partial charge on any atom is 0.262 e. The molecule has 0 bridgehead atoms. The smallest absolute Gasteiger partial charge is 0.262 e. The third kappa shape index (κ3) is 7.24. The molecule has 4 rings (SSSR count). The summed E-state index contributed by atoms with van der Waals surface area (Å²) in [5, 5.41) is 13.5. The van der Waals surface area contributed by atoms with Crippen LogP contribution in [0.25, 0.3) is 28.2 Å². The molecule has 2 N–H and O–H groups in total. The molecule has 2 heterocycles. The Bertz CT molecular complexity index is 1580. The van der Waals surface area contributed by atoms with Crippen molar-refractivity contribution in [3.63, 3.8) is 0 Å². The van der Waals surface area contributed by atoms with E-state index in [0.29, 0.717) is 29.3 Å². The number of amides is 1. The molecule has 212 valence electrons. The number of aromatic nitrogens is 2. The number of carbonyl (C=O) groups excluding carboxylic acids is 1. The zero-order valence-corrected chi connectivity index (χ0v) is 24.0. The van der Waals surface area contributed by atoms with Crippen LogP contribution in [0.15, 0.2) is 66.5 Å². The number of H-pyrrole nitrogens is 1. The number of aromatic amines is 1. The van der Waals surface area contributed by atoms with Gasteiger partial charge in [-0.1, -0.05) is 18.2 Å². The van der Waals surface area contributed by atoms with Gasteiger partial charge in [-0.05, 0) is 75.0 Å². The highest BCUT2D eigenvalue weighted by Gasteiger charge is 2.17. The first-order valence-corrected chi connectivity index (χ1v) is 13.3. The van der Waals surface area contributed by atoms with Crippen LogP contribution in [0.3, 0.4) is 0 Å². The molecule has 1 atom stereocenters. The fourth-order valence-electron chi connectivity index (χ4n) is 4.42. The number of nitrogens with zero attached hydrogens (tertiary/aromatic N) is 3. The van der Waals surface area contributed by atoms with Crippen molar-refractivity contribution in [2.45, 2.75) is 19.4 Å². The minimum absolute atomic E-state index is 0.0169. The van der Waals surface area contributed by atoms with Gasteiger partial charge in [-0.2, -0.15) is 5.26 Å². The number of fused-ring (bicyclic) bond motifs is 1. The molecular formula is C32H35N5O4. The van der Waals surface area contributed by atoms with Crippen LogP contribution in [0.1, 0.15) is 30.5 Å². The summed E-state index contributed by atoms with van der Waals surface area (Å²) < 4.78 is 16.6. The van der Waals surface area contributed by atoms with Crippen LogP contribution in [0.5, 0.6) is 17.2 Å². The predicted molar refractivity (Wildman–Crippen MR) is 160 cm³/mol. The first kappa shape index (κ1) is 29.2. The number of benzene rings is 2. The van der Waals surface area contributed by atoms with Crippen LogP contribution in [-0.4, -0.2) is 62.2 Å². The van der Waals surface area contributed by atoms with Crippen molar-refractivity contribution in [2.75, 3.05) is 41.5 Å². The summed E-state index contributed by atoms with van der Waals surface area (Å²) in [7, 11) is 7.21. The van der Waals surface area contributed by atoms with E-state index >= 15 is 0 Å². The molecular weight excluding hydrogens is 518 g/mol. The Morgan fingerprint density at radius 1 is 1.12 bits per heavy atom. The maximum atomic E-state index is 13.1. The van der Waals surface area contributed by atoms with E-state index in [1.165, 1.54) is 0 Å². The van der Waals surface area contributed by atoms with E-state index in [1.807, 2.05) is 63.5 Å². The van der Waals surface area contributed by atoms with E-state index in [0.717, 1.165) is 40.8 Å². The number of methoxy groups -OCH3 is 2. The average Bonchev–Trinajstić information content (AvgIpc) is 3.39. The van der Waals surface area contributed by atoms with Gasteiger partial charge in [0.2, 0.25) is 0 Å². The van der Waals surface area contributed by atoms with E-state index in [4.69, 9.17) is 14.2 Å². The van der Waals surface area contributed by atoms with Gasteiger partial charge < -0.3 is 29.4 Å². The number of hydrogen-bond donors (Lipinski definition) is 2. The summed E-state index contributed by atoms with van der Waals surface area (Å²) in [6, 6.07) is 17.0. The van der Waals surface area contributed by atoms with Gasteiger partial charge in [0.05, 0.1) is 26.9 Å². The lowest BCUT2D eigenvalue weighted by Crippen LogP contribution is -2.27. The highest BCUT2D eigenvalue weighted by atomic mass is 16.5. The second kappa shape index (κ2) is 13.5. The minimum atomic E-state index is -0.479. The average molecular weight is 554 g/mol. The van der Waals surface area contributed by atoms with E-state index in [-0.39, 0.29) is 11.6 Å². The maximum absolute atomic E-state index is 13.1. The molecule has 9 nitrogen and oxygen atoms in total. The molecule has 0 aliphatic rings. The molecule has 41 heavy (non-hydrogen) atoms. The number of pyridine rings is 1. The summed E-state index contributed by atoms with van der Waals surface area (Å²) in [6.45, 7) is 3.44. The zero-order valence-electron chi connectivity index (χ0n) is 24.0. The molecule has 0 aliphatic heterocycles. The topological polar surface area (TPSA) is 112 Å². The Morgan fingerprint density at radius 3 is 2.66 bits per heavy atom. The van der Waals surface area contributed by atoms with Crippen molar-refractivity contribution in [2.24, 2.45) is 0 Å². The summed E-state index contributed by atoms with van der Waals surface area (Å²) in [5.41, 5.74) is 4.01. The molecule has 0 fully saturated rings. The Kier molecular flexibility index (Phi) is 9.61. The van der Waals surface area contributed by atoms with Crippen LogP contribution in [0.4, 0.5) is 0 Å². The zero-order chi connectivity index (χ0) is 29.4. The van der Waals surface area contributed by atoms with Crippen LogP contribution in [-0.2, 0) is 4.79 Å². The Labute approximate surface area is 240 Å². The van der Waals surface area contributed by atoms with E-state index in [2.05, 4.69) is 20.2 Å². The number of ether oxygens (including phenoxy) is 3. The second-order valence-electron chi connectivity index (χ2n) is 9.88. The lowest BCUT2D eigenvalue weighted by Gasteiger charge is -2.16. The largest absolute Gasteiger partial charge is 0.494 e. The standard InChI is InChI=1S/C32H35N5O4/c1-21(22-10-11-29(39-4)30(17-22)40-5)36-32(38)24(18-33)14-26-20-35-31-28(26)16-25(19-34-31)23-8-6-9-27(15-23)41-13-7-12-37(2)3/h6,8-11,14-17,19-21H,7,12-13H2,1-5H3,(H,34,35)(H,36,38)/b24-14+/t21-/m1/s1. The van der Waals surface area contributed by atoms with E-state index in [1.54, 1.807) is 44.8 Å². The van der Waals surface area contributed by atoms with E-state index < -0.39 is 5.91 Å². The van der Waals surface area contributed by atoms with Crippen molar-refractivity contribution in [1.82, 2.24) is 20.2 Å². The highest BCUT2D eigenvalue weighted by Crippen LogP contribution is 2.31. The number of nitriles is 1. The van der Waals surface area contributed by atoms with Gasteiger partial charge in [0, 0.05) is 35.5 Å². The van der Waals surface area contributed by atoms with Gasteiger partial charge in [0.25, 0.3) is 5.91 Å². The third-order valence-electron chi connectivity index (χ3n) is 6.67. The molecule has 4 aromatic rings. The molecule has 0 spiro atoms. The lowest BCUT2D eigenvalue weighted by molar-refractivity contribution is -0.117. The summed E-state index contributed by atoms with van der Waals surface area (Å²) in [4.78, 5) is 22.9. The normalized spacial score (nSPS) is 12.2. The fourth-order valence-corrected chi connectivity index (χ4v) is 4.42. The Hall–Kier alpha value is -4.81. The molecule has 0 unspecified atom stereocenters. The lowest BCUT2D eigenvalue weighted by atomic mass is 10.0.